The fourth-order valence-corrected chi connectivity index (χ4v) is 4.60. The fourth-order valence-electron chi connectivity index (χ4n) is 4.08. The van der Waals surface area contributed by atoms with Gasteiger partial charge in [-0.1, -0.05) is 36.4 Å². The van der Waals surface area contributed by atoms with Gasteiger partial charge in [0.05, 0.1) is 11.2 Å². The van der Waals surface area contributed by atoms with Crippen molar-refractivity contribution in [3.63, 3.8) is 0 Å². The van der Waals surface area contributed by atoms with E-state index in [4.69, 9.17) is 14.2 Å². The molecule has 6 aromatic rings. The molecule has 43 heavy (non-hydrogen) atoms. The van der Waals surface area contributed by atoms with Crippen molar-refractivity contribution < 1.29 is 28.6 Å². The summed E-state index contributed by atoms with van der Waals surface area (Å²) in [4.78, 5) is 47.8. The molecule has 1 N–H and O–H groups in total. The van der Waals surface area contributed by atoms with Crippen LogP contribution in [0.1, 0.15) is 0 Å². The van der Waals surface area contributed by atoms with E-state index in [0.29, 0.717) is 22.1 Å². The van der Waals surface area contributed by atoms with Crippen molar-refractivity contribution in [3.05, 3.63) is 121 Å². The zero-order valence-corrected chi connectivity index (χ0v) is 23.0. The lowest BCUT2D eigenvalue weighted by Gasteiger charge is -2.19. The first-order chi connectivity index (χ1) is 21.0. The highest BCUT2D eigenvalue weighted by Gasteiger charge is 2.28. The molecule has 0 atom stereocenters. The summed E-state index contributed by atoms with van der Waals surface area (Å²) in [5.74, 6) is 0.979. The lowest BCUT2D eigenvalue weighted by Crippen LogP contribution is -2.41. The molecule has 0 fully saturated rings. The summed E-state index contributed by atoms with van der Waals surface area (Å²) < 4.78 is 18.3. The smallest absolute Gasteiger partial charge is 0.430 e. The van der Waals surface area contributed by atoms with E-state index < -0.39 is 12.2 Å². The molecule has 0 aliphatic rings. The first-order valence-corrected chi connectivity index (χ1v) is 13.7. The molecule has 6 rings (SSSR count). The van der Waals surface area contributed by atoms with Crippen LogP contribution in [0.25, 0.3) is 10.9 Å². The molecule has 3 aromatic heterocycles. The third-order valence-corrected chi connectivity index (χ3v) is 6.68. The van der Waals surface area contributed by atoms with Gasteiger partial charge in [0, 0.05) is 35.4 Å². The van der Waals surface area contributed by atoms with E-state index in [9.17, 15) is 14.4 Å². The number of carbonyl (C=O) groups is 3. The number of para-hydroxylation sites is 2. The third kappa shape index (κ3) is 6.34. The number of nitrogens with one attached hydrogen (secondary N) is 1. The summed E-state index contributed by atoms with van der Waals surface area (Å²) in [6.45, 7) is 0. The number of rotatable bonds is 6. The number of ether oxygens (including phenoxy) is 3. The number of hydrogen-bond acceptors (Lipinski definition) is 9. The Bertz CT molecular complexity index is 1890. The number of imide groups is 1. The zero-order valence-electron chi connectivity index (χ0n) is 22.2. The minimum Gasteiger partial charge on any atom is -0.457 e. The van der Waals surface area contributed by atoms with E-state index in [-0.39, 0.29) is 23.3 Å². The Morgan fingerprint density at radius 1 is 0.744 bits per heavy atom. The van der Waals surface area contributed by atoms with E-state index in [1.165, 1.54) is 28.2 Å². The summed E-state index contributed by atoms with van der Waals surface area (Å²) >= 11 is 1.33. The molecule has 3 amide bonds. The van der Waals surface area contributed by atoms with Crippen LogP contribution in [0.15, 0.2) is 121 Å². The maximum atomic E-state index is 13.2. The number of amides is 3. The van der Waals surface area contributed by atoms with Crippen LogP contribution in [0.5, 0.6) is 23.1 Å². The first kappa shape index (κ1) is 27.2. The Labute approximate surface area is 248 Å². The standard InChI is InChI=1S/C31H21N5O6S/c37-29(34-28-33-16-18-43-28)35-17-14-21-19-24(11-12-26(21)35)40-25-13-15-32-27(20-25)42-31(39)36(22-7-3-1-4-8-22)30(38)41-23-9-5-2-6-10-23/h1-20H,(H,33,34,37). The highest BCUT2D eigenvalue weighted by atomic mass is 32.1. The van der Waals surface area contributed by atoms with Crippen LogP contribution >= 0.6 is 11.3 Å². The first-order valence-electron chi connectivity index (χ1n) is 12.8. The van der Waals surface area contributed by atoms with Crippen molar-refractivity contribution in [1.29, 1.82) is 0 Å². The second-order valence-electron chi connectivity index (χ2n) is 8.83. The van der Waals surface area contributed by atoms with Gasteiger partial charge in [0.15, 0.2) is 5.13 Å². The molecule has 0 saturated heterocycles. The van der Waals surface area contributed by atoms with Gasteiger partial charge in [0.2, 0.25) is 5.88 Å². The lowest BCUT2D eigenvalue weighted by atomic mass is 10.2. The topological polar surface area (TPSA) is 125 Å². The number of benzene rings is 3. The minimum absolute atomic E-state index is 0.0953. The summed E-state index contributed by atoms with van der Waals surface area (Å²) in [7, 11) is 0. The highest BCUT2D eigenvalue weighted by molar-refractivity contribution is 7.13. The Kier molecular flexibility index (Phi) is 7.74. The Balaban J connectivity index is 1.17. The van der Waals surface area contributed by atoms with Gasteiger partial charge in [0.1, 0.15) is 17.2 Å². The van der Waals surface area contributed by atoms with Gasteiger partial charge in [-0.05, 0) is 54.6 Å². The molecule has 3 heterocycles. The fraction of sp³-hybridized carbons (Fsp3) is 0. The Morgan fingerprint density at radius 2 is 1.49 bits per heavy atom. The van der Waals surface area contributed by atoms with Gasteiger partial charge in [-0.3, -0.25) is 9.88 Å². The predicted molar refractivity (Wildman–Crippen MR) is 160 cm³/mol. The number of anilines is 2. The summed E-state index contributed by atoms with van der Waals surface area (Å²) in [6.07, 6.45) is 2.71. The highest BCUT2D eigenvalue weighted by Crippen LogP contribution is 2.28. The average molecular weight is 592 g/mol. The van der Waals surface area contributed by atoms with Crippen LogP contribution in [0.4, 0.5) is 25.2 Å². The van der Waals surface area contributed by atoms with Gasteiger partial charge < -0.3 is 14.2 Å². The second kappa shape index (κ2) is 12.2. The molecule has 0 aliphatic carbocycles. The Morgan fingerprint density at radius 3 is 2.26 bits per heavy atom. The Hall–Kier alpha value is -6.01. The molecule has 0 aliphatic heterocycles. The number of thiazole rings is 1. The lowest BCUT2D eigenvalue weighted by molar-refractivity contribution is 0.189. The molecule has 212 valence electrons. The van der Waals surface area contributed by atoms with Crippen molar-refractivity contribution in [1.82, 2.24) is 14.5 Å². The molecule has 0 radical (unpaired) electrons. The van der Waals surface area contributed by atoms with Crippen LogP contribution in [-0.2, 0) is 0 Å². The number of nitrogens with zero attached hydrogens (tertiary/aromatic N) is 4. The predicted octanol–water partition coefficient (Wildman–Crippen LogP) is 7.57. The zero-order chi connectivity index (χ0) is 29.6. The van der Waals surface area contributed by atoms with Crippen molar-refractivity contribution >= 4 is 51.3 Å². The molecule has 12 heteroatoms. The van der Waals surface area contributed by atoms with Gasteiger partial charge in [-0.2, -0.15) is 4.90 Å². The molecule has 0 bridgehead atoms. The molecule has 0 saturated carbocycles. The largest absolute Gasteiger partial charge is 0.457 e. The van der Waals surface area contributed by atoms with Gasteiger partial charge in [-0.15, -0.1) is 11.3 Å². The molecule has 3 aromatic carbocycles. The van der Waals surface area contributed by atoms with Crippen molar-refractivity contribution in [3.8, 4) is 23.1 Å². The molecule has 0 unspecified atom stereocenters. The summed E-state index contributed by atoms with van der Waals surface area (Å²) in [5.41, 5.74) is 0.926. The molecule has 11 nitrogen and oxygen atoms in total. The van der Waals surface area contributed by atoms with E-state index in [2.05, 4.69) is 15.3 Å². The average Bonchev–Trinajstić information content (AvgIpc) is 3.68. The molecule has 0 spiro atoms. The second-order valence-corrected chi connectivity index (χ2v) is 9.72. The van der Waals surface area contributed by atoms with Crippen LogP contribution in [0.2, 0.25) is 0 Å². The van der Waals surface area contributed by atoms with E-state index in [0.717, 1.165) is 10.3 Å². The normalized spacial score (nSPS) is 10.6. The number of pyridine rings is 1. The maximum absolute atomic E-state index is 13.2. The summed E-state index contributed by atoms with van der Waals surface area (Å²) in [6, 6.07) is 26.3. The number of fused-ring (bicyclic) bond motifs is 1. The number of hydrogen-bond donors (Lipinski definition) is 1. The van der Waals surface area contributed by atoms with Crippen molar-refractivity contribution in [2.24, 2.45) is 0 Å². The molecular formula is C31H21N5O6S. The maximum Gasteiger partial charge on any atom is 0.430 e. The summed E-state index contributed by atoms with van der Waals surface area (Å²) in [5, 5.41) is 5.79. The van der Waals surface area contributed by atoms with E-state index in [1.54, 1.807) is 109 Å². The SMILES string of the molecule is O=C(Oc1ccccc1)N(C(=O)Oc1cc(Oc2ccc3c(ccn3C(=O)Nc3nccs3)c2)ccn1)c1ccccc1. The van der Waals surface area contributed by atoms with Gasteiger partial charge in [-0.25, -0.2) is 24.4 Å². The van der Waals surface area contributed by atoms with Crippen LogP contribution in [0.3, 0.4) is 0 Å². The van der Waals surface area contributed by atoms with E-state index >= 15 is 0 Å². The number of carbonyl (C=O) groups excluding carboxylic acids is 3. The van der Waals surface area contributed by atoms with Crippen LogP contribution in [0, 0.1) is 0 Å². The molecular weight excluding hydrogens is 570 g/mol. The van der Waals surface area contributed by atoms with Crippen LogP contribution < -0.4 is 24.4 Å². The minimum atomic E-state index is -1.02. The van der Waals surface area contributed by atoms with Crippen molar-refractivity contribution in [2.75, 3.05) is 10.2 Å². The quantitative estimate of drug-likeness (QED) is 0.210. The third-order valence-electron chi connectivity index (χ3n) is 5.99. The van der Waals surface area contributed by atoms with Crippen LogP contribution in [-0.4, -0.2) is 32.8 Å². The monoisotopic (exact) mass is 591 g/mol. The van der Waals surface area contributed by atoms with Gasteiger partial charge >= 0.3 is 18.2 Å². The van der Waals surface area contributed by atoms with Gasteiger partial charge in [0.25, 0.3) is 0 Å². The van der Waals surface area contributed by atoms with E-state index in [1.807, 2.05) is 0 Å². The number of aromatic nitrogens is 3. The van der Waals surface area contributed by atoms with Crippen molar-refractivity contribution in [2.45, 2.75) is 0 Å².